The number of hydrogen-bond donors (Lipinski definition) is 2. The van der Waals surface area contributed by atoms with Crippen LogP contribution in [0.1, 0.15) is 36.2 Å². The molecule has 0 spiro atoms. The molecule has 1 amide bonds. The van der Waals surface area contributed by atoms with Crippen LogP contribution >= 0.6 is 35.3 Å². The Morgan fingerprint density at radius 2 is 2.08 bits per heavy atom. The highest BCUT2D eigenvalue weighted by Gasteiger charge is 2.27. The monoisotopic (exact) mass is 384 g/mol. The van der Waals surface area contributed by atoms with Crippen LogP contribution in [0.2, 0.25) is 5.02 Å². The molecule has 0 radical (unpaired) electrons. The Morgan fingerprint density at radius 3 is 2.71 bits per heavy atom. The molecule has 6 heteroatoms. The van der Waals surface area contributed by atoms with E-state index in [0.717, 1.165) is 29.8 Å². The Balaban J connectivity index is 0.00000208. The first-order valence-corrected chi connectivity index (χ1v) is 9.22. The number of carbonyl (C=O) groups is 1. The lowest BCUT2D eigenvalue weighted by Crippen LogP contribution is -2.43. The van der Waals surface area contributed by atoms with Crippen molar-refractivity contribution >= 4 is 41.3 Å². The van der Waals surface area contributed by atoms with E-state index in [1.54, 1.807) is 11.3 Å². The summed E-state index contributed by atoms with van der Waals surface area (Å²) in [6, 6.07) is 12.1. The van der Waals surface area contributed by atoms with E-state index in [2.05, 4.69) is 23.6 Å². The topological polar surface area (TPSA) is 41.1 Å². The van der Waals surface area contributed by atoms with Gasteiger partial charge < -0.3 is 10.6 Å². The van der Waals surface area contributed by atoms with E-state index in [9.17, 15) is 4.79 Å². The van der Waals surface area contributed by atoms with Crippen molar-refractivity contribution in [2.24, 2.45) is 5.92 Å². The lowest BCUT2D eigenvalue weighted by molar-refractivity contribution is -0.126. The van der Waals surface area contributed by atoms with Gasteiger partial charge in [0.05, 0.1) is 6.04 Å². The van der Waals surface area contributed by atoms with Crippen LogP contribution in [-0.2, 0) is 4.79 Å². The quantitative estimate of drug-likeness (QED) is 0.818. The van der Waals surface area contributed by atoms with Gasteiger partial charge in [0.2, 0.25) is 5.91 Å². The molecule has 3 atom stereocenters. The van der Waals surface area contributed by atoms with Crippen LogP contribution in [0, 0.1) is 5.92 Å². The minimum atomic E-state index is -0.107. The highest BCUT2D eigenvalue weighted by molar-refractivity contribution is 7.10. The number of amides is 1. The van der Waals surface area contributed by atoms with Gasteiger partial charge in [-0.15, -0.1) is 23.7 Å². The van der Waals surface area contributed by atoms with E-state index >= 15 is 0 Å². The highest BCUT2D eigenvalue weighted by atomic mass is 35.5. The molecule has 0 bridgehead atoms. The minimum Gasteiger partial charge on any atom is -0.344 e. The van der Waals surface area contributed by atoms with Gasteiger partial charge in [0.15, 0.2) is 0 Å². The summed E-state index contributed by atoms with van der Waals surface area (Å²) >= 11 is 7.65. The van der Waals surface area contributed by atoms with Crippen LogP contribution < -0.4 is 10.6 Å². The van der Waals surface area contributed by atoms with Crippen molar-refractivity contribution in [2.45, 2.75) is 31.8 Å². The van der Waals surface area contributed by atoms with Crippen molar-refractivity contribution < 1.29 is 4.79 Å². The molecule has 130 valence electrons. The van der Waals surface area contributed by atoms with Gasteiger partial charge in [0, 0.05) is 21.9 Å². The van der Waals surface area contributed by atoms with Gasteiger partial charge in [-0.3, -0.25) is 4.79 Å². The fraction of sp³-hybridized carbons (Fsp3) is 0.389. The van der Waals surface area contributed by atoms with Gasteiger partial charge in [0.1, 0.15) is 0 Å². The predicted molar refractivity (Wildman–Crippen MR) is 103 cm³/mol. The number of piperidine rings is 1. The van der Waals surface area contributed by atoms with Gasteiger partial charge >= 0.3 is 0 Å². The van der Waals surface area contributed by atoms with Crippen molar-refractivity contribution in [1.82, 2.24) is 10.6 Å². The Kier molecular flexibility index (Phi) is 7.11. The third-order valence-electron chi connectivity index (χ3n) is 4.31. The summed E-state index contributed by atoms with van der Waals surface area (Å²) in [7, 11) is 0. The van der Waals surface area contributed by atoms with Crippen LogP contribution in [0.15, 0.2) is 41.8 Å². The summed E-state index contributed by atoms with van der Waals surface area (Å²) in [5, 5.41) is 9.38. The van der Waals surface area contributed by atoms with Gasteiger partial charge in [-0.05, 0) is 55.5 Å². The van der Waals surface area contributed by atoms with E-state index in [4.69, 9.17) is 11.6 Å². The number of nitrogens with one attached hydrogen (secondary N) is 2. The van der Waals surface area contributed by atoms with Crippen molar-refractivity contribution in [3.8, 4) is 0 Å². The molecule has 0 aliphatic carbocycles. The molecule has 3 nitrogen and oxygen atoms in total. The second-order valence-corrected chi connectivity index (χ2v) is 7.50. The number of carbonyl (C=O) groups excluding carboxylic acids is 1. The van der Waals surface area contributed by atoms with E-state index in [1.807, 2.05) is 35.7 Å². The summed E-state index contributed by atoms with van der Waals surface area (Å²) in [6.45, 7) is 3.04. The molecule has 1 aromatic carbocycles. The fourth-order valence-corrected chi connectivity index (χ4v) is 3.99. The SMILES string of the molecule is C[C@H]1C[C@@H](C(=O)NC(c2ccc(Cl)cc2)c2cccs2)CCN1.Cl. The van der Waals surface area contributed by atoms with E-state index in [0.29, 0.717) is 11.1 Å². The molecule has 1 saturated heterocycles. The molecule has 2 N–H and O–H groups in total. The molecule has 1 aliphatic rings. The van der Waals surface area contributed by atoms with Crippen LogP contribution in [-0.4, -0.2) is 18.5 Å². The molecular formula is C18H22Cl2N2OS. The second kappa shape index (κ2) is 8.86. The third kappa shape index (κ3) is 4.73. The van der Waals surface area contributed by atoms with Gasteiger partial charge in [0.25, 0.3) is 0 Å². The average Bonchev–Trinajstić information content (AvgIpc) is 3.07. The Labute approximate surface area is 158 Å². The largest absolute Gasteiger partial charge is 0.344 e. The van der Waals surface area contributed by atoms with Crippen LogP contribution in [0.4, 0.5) is 0 Å². The maximum absolute atomic E-state index is 12.7. The zero-order valence-electron chi connectivity index (χ0n) is 13.5. The molecule has 1 unspecified atom stereocenters. The van der Waals surface area contributed by atoms with Crippen molar-refractivity contribution in [3.63, 3.8) is 0 Å². The van der Waals surface area contributed by atoms with Crippen LogP contribution in [0.25, 0.3) is 0 Å². The maximum Gasteiger partial charge on any atom is 0.223 e. The summed E-state index contributed by atoms with van der Waals surface area (Å²) in [4.78, 5) is 13.9. The van der Waals surface area contributed by atoms with Crippen molar-refractivity contribution in [3.05, 3.63) is 57.2 Å². The average molecular weight is 385 g/mol. The number of halogens is 2. The smallest absolute Gasteiger partial charge is 0.223 e. The molecule has 2 aromatic rings. The molecule has 0 saturated carbocycles. The molecule has 1 aliphatic heterocycles. The first-order valence-electron chi connectivity index (χ1n) is 7.96. The van der Waals surface area contributed by atoms with E-state index < -0.39 is 0 Å². The second-order valence-electron chi connectivity index (χ2n) is 6.09. The number of benzene rings is 1. The predicted octanol–water partition coefficient (Wildman–Crippen LogP) is 4.42. The van der Waals surface area contributed by atoms with Gasteiger partial charge in [-0.2, -0.15) is 0 Å². The number of hydrogen-bond acceptors (Lipinski definition) is 3. The number of thiophene rings is 1. The van der Waals surface area contributed by atoms with Crippen molar-refractivity contribution in [2.75, 3.05) is 6.54 Å². The maximum atomic E-state index is 12.7. The zero-order chi connectivity index (χ0) is 16.2. The molecule has 1 aromatic heterocycles. The number of rotatable bonds is 4. The first-order chi connectivity index (χ1) is 11.1. The Bertz CT molecular complexity index is 646. The van der Waals surface area contributed by atoms with Gasteiger partial charge in [-0.25, -0.2) is 0 Å². The molecule has 3 rings (SSSR count). The Morgan fingerprint density at radius 1 is 1.33 bits per heavy atom. The molecule has 1 fully saturated rings. The highest BCUT2D eigenvalue weighted by Crippen LogP contribution is 2.28. The minimum absolute atomic E-state index is 0. The third-order valence-corrected chi connectivity index (χ3v) is 5.50. The summed E-state index contributed by atoms with van der Waals surface area (Å²) in [6.07, 6.45) is 1.79. The summed E-state index contributed by atoms with van der Waals surface area (Å²) in [5.41, 5.74) is 1.06. The van der Waals surface area contributed by atoms with Crippen molar-refractivity contribution in [1.29, 1.82) is 0 Å². The lowest BCUT2D eigenvalue weighted by Gasteiger charge is -2.29. The standard InChI is InChI=1S/C18H21ClN2OS.ClH/c1-12-11-14(8-9-20-12)18(22)21-17(16-3-2-10-23-16)13-4-6-15(19)7-5-13;/h2-7,10,12,14,17,20H,8-9,11H2,1H3,(H,21,22);1H/t12-,14-,17?;/m0./s1. The summed E-state index contributed by atoms with van der Waals surface area (Å²) < 4.78 is 0. The summed E-state index contributed by atoms with van der Waals surface area (Å²) in [5.74, 6) is 0.229. The van der Waals surface area contributed by atoms with Gasteiger partial charge in [-0.1, -0.05) is 29.8 Å². The zero-order valence-corrected chi connectivity index (χ0v) is 15.9. The molecule has 2 heterocycles. The van der Waals surface area contributed by atoms with Crippen LogP contribution in [0.5, 0.6) is 0 Å². The van der Waals surface area contributed by atoms with E-state index in [1.165, 1.54) is 0 Å². The fourth-order valence-electron chi connectivity index (χ4n) is 3.06. The molecular weight excluding hydrogens is 363 g/mol. The first kappa shape index (κ1) is 19.3. The van der Waals surface area contributed by atoms with Crippen LogP contribution in [0.3, 0.4) is 0 Å². The van der Waals surface area contributed by atoms with E-state index in [-0.39, 0.29) is 30.3 Å². The lowest BCUT2D eigenvalue weighted by atomic mass is 9.92. The Hall–Kier alpha value is -1.07. The normalized spacial score (nSPS) is 21.6. The molecule has 24 heavy (non-hydrogen) atoms.